The molecule has 0 aliphatic rings. The van der Waals surface area contributed by atoms with E-state index in [0.29, 0.717) is 11.0 Å². The fourth-order valence-corrected chi connectivity index (χ4v) is 1.94. The predicted octanol–water partition coefficient (Wildman–Crippen LogP) is 1.63. The highest BCUT2D eigenvalue weighted by atomic mass is 16.4. The van der Waals surface area contributed by atoms with Crippen LogP contribution in [-0.2, 0) is 4.79 Å². The number of amides is 1. The maximum absolute atomic E-state index is 11.9. The molecule has 2 rings (SSSR count). The summed E-state index contributed by atoms with van der Waals surface area (Å²) in [6, 6.07) is 7.80. The van der Waals surface area contributed by atoms with E-state index in [4.69, 9.17) is 9.52 Å². The Kier molecular flexibility index (Phi) is 4.37. The lowest BCUT2D eigenvalue weighted by Gasteiger charge is -2.10. The van der Waals surface area contributed by atoms with Gasteiger partial charge in [-0.3, -0.25) is 14.4 Å². The molecule has 0 fully saturated rings. The number of carboxylic acids is 1. The second kappa shape index (κ2) is 6.21. The minimum absolute atomic E-state index is 0.0397. The van der Waals surface area contributed by atoms with Crippen molar-refractivity contribution >= 4 is 22.8 Å². The number of carboxylic acid groups (broad SMARTS) is 1. The molecule has 0 aliphatic carbocycles. The summed E-state index contributed by atoms with van der Waals surface area (Å²) >= 11 is 0. The minimum Gasteiger partial charge on any atom is -0.481 e. The molecule has 1 aromatic carbocycles. The molecule has 1 atom stereocenters. The monoisotopic (exact) mass is 289 g/mol. The molecule has 21 heavy (non-hydrogen) atoms. The van der Waals surface area contributed by atoms with Crippen molar-refractivity contribution in [3.8, 4) is 0 Å². The van der Waals surface area contributed by atoms with Gasteiger partial charge in [0.1, 0.15) is 5.58 Å². The molecule has 2 aromatic rings. The van der Waals surface area contributed by atoms with Crippen LogP contribution in [0.3, 0.4) is 0 Å². The first-order valence-corrected chi connectivity index (χ1v) is 6.50. The molecule has 0 saturated heterocycles. The second-order valence-electron chi connectivity index (χ2n) is 4.88. The number of rotatable bonds is 5. The van der Waals surface area contributed by atoms with Crippen LogP contribution in [0.25, 0.3) is 11.0 Å². The molecule has 0 radical (unpaired) electrons. The number of hydrogen-bond acceptors (Lipinski definition) is 4. The van der Waals surface area contributed by atoms with E-state index in [-0.39, 0.29) is 30.1 Å². The van der Waals surface area contributed by atoms with Gasteiger partial charge in [0.2, 0.25) is 0 Å². The zero-order valence-corrected chi connectivity index (χ0v) is 11.5. The van der Waals surface area contributed by atoms with E-state index >= 15 is 0 Å². The summed E-state index contributed by atoms with van der Waals surface area (Å²) in [5.74, 6) is -1.75. The van der Waals surface area contributed by atoms with E-state index in [1.807, 2.05) is 0 Å². The number of para-hydroxylation sites is 1. The van der Waals surface area contributed by atoms with Gasteiger partial charge in [-0.2, -0.15) is 0 Å². The van der Waals surface area contributed by atoms with E-state index in [1.165, 1.54) is 0 Å². The van der Waals surface area contributed by atoms with Crippen molar-refractivity contribution in [1.29, 1.82) is 0 Å². The number of fused-ring (bicyclic) bond motifs is 1. The zero-order valence-electron chi connectivity index (χ0n) is 11.5. The Morgan fingerprint density at radius 2 is 2.05 bits per heavy atom. The fraction of sp³-hybridized carbons (Fsp3) is 0.267. The zero-order chi connectivity index (χ0) is 15.4. The second-order valence-corrected chi connectivity index (χ2v) is 4.88. The molecule has 0 spiro atoms. The molecule has 6 nitrogen and oxygen atoms in total. The molecular weight excluding hydrogens is 274 g/mol. The standard InChI is InChI=1S/C15H15NO5/c1-9(6-14(18)19)8-16-15(20)13-7-11(17)10-4-2-3-5-12(10)21-13/h2-5,7,9H,6,8H2,1H3,(H,16,20)(H,18,19). The van der Waals surface area contributed by atoms with Gasteiger partial charge in [0.05, 0.1) is 5.39 Å². The Hall–Kier alpha value is -2.63. The van der Waals surface area contributed by atoms with Gasteiger partial charge in [-0.05, 0) is 18.1 Å². The van der Waals surface area contributed by atoms with E-state index in [9.17, 15) is 14.4 Å². The van der Waals surface area contributed by atoms with Crippen molar-refractivity contribution in [2.24, 2.45) is 5.92 Å². The van der Waals surface area contributed by atoms with Crippen LogP contribution in [-0.4, -0.2) is 23.5 Å². The summed E-state index contributed by atoms with van der Waals surface area (Å²) in [5, 5.41) is 11.6. The van der Waals surface area contributed by atoms with E-state index in [2.05, 4.69) is 5.32 Å². The lowest BCUT2D eigenvalue weighted by atomic mass is 10.1. The Balaban J connectivity index is 2.13. The van der Waals surface area contributed by atoms with Crippen molar-refractivity contribution in [3.63, 3.8) is 0 Å². The van der Waals surface area contributed by atoms with Crippen LogP contribution >= 0.6 is 0 Å². The molecule has 110 valence electrons. The molecular formula is C15H15NO5. The summed E-state index contributed by atoms with van der Waals surface area (Å²) in [7, 11) is 0. The molecule has 0 aliphatic heterocycles. The topological polar surface area (TPSA) is 96.6 Å². The van der Waals surface area contributed by atoms with Crippen molar-refractivity contribution < 1.29 is 19.1 Å². The first kappa shape index (κ1) is 14.8. The Morgan fingerprint density at radius 1 is 1.33 bits per heavy atom. The Morgan fingerprint density at radius 3 is 2.76 bits per heavy atom. The summed E-state index contributed by atoms with van der Waals surface area (Å²) in [6.45, 7) is 1.91. The van der Waals surface area contributed by atoms with Crippen LogP contribution < -0.4 is 10.7 Å². The van der Waals surface area contributed by atoms with E-state index in [1.54, 1.807) is 31.2 Å². The van der Waals surface area contributed by atoms with Crippen LogP contribution in [0.5, 0.6) is 0 Å². The van der Waals surface area contributed by atoms with E-state index < -0.39 is 11.9 Å². The highest BCUT2D eigenvalue weighted by molar-refractivity contribution is 5.93. The number of aliphatic carboxylic acids is 1. The first-order chi connectivity index (χ1) is 9.97. The molecule has 1 amide bonds. The third kappa shape index (κ3) is 3.68. The number of carbonyl (C=O) groups is 2. The molecule has 1 aromatic heterocycles. The van der Waals surface area contributed by atoms with Crippen LogP contribution in [0.4, 0.5) is 0 Å². The smallest absolute Gasteiger partial charge is 0.303 e. The van der Waals surface area contributed by atoms with Crippen LogP contribution in [0.2, 0.25) is 0 Å². The van der Waals surface area contributed by atoms with Gasteiger partial charge >= 0.3 is 5.97 Å². The lowest BCUT2D eigenvalue weighted by molar-refractivity contribution is -0.137. The quantitative estimate of drug-likeness (QED) is 0.872. The highest BCUT2D eigenvalue weighted by Crippen LogP contribution is 2.11. The average Bonchev–Trinajstić information content (AvgIpc) is 2.44. The van der Waals surface area contributed by atoms with Crippen LogP contribution in [0.1, 0.15) is 23.9 Å². The van der Waals surface area contributed by atoms with E-state index in [0.717, 1.165) is 6.07 Å². The molecule has 2 N–H and O–H groups in total. The highest BCUT2D eigenvalue weighted by Gasteiger charge is 2.14. The van der Waals surface area contributed by atoms with Gasteiger partial charge in [0.25, 0.3) is 5.91 Å². The third-order valence-electron chi connectivity index (χ3n) is 2.99. The maximum Gasteiger partial charge on any atom is 0.303 e. The van der Waals surface area contributed by atoms with Crippen molar-refractivity contribution in [2.45, 2.75) is 13.3 Å². The van der Waals surface area contributed by atoms with Crippen molar-refractivity contribution in [3.05, 3.63) is 46.3 Å². The van der Waals surface area contributed by atoms with Crippen molar-refractivity contribution in [1.82, 2.24) is 5.32 Å². The van der Waals surface area contributed by atoms with Gasteiger partial charge in [-0.15, -0.1) is 0 Å². The average molecular weight is 289 g/mol. The summed E-state index contributed by atoms with van der Waals surface area (Å²) in [5.41, 5.74) is 0.0503. The molecule has 0 bridgehead atoms. The first-order valence-electron chi connectivity index (χ1n) is 6.50. The van der Waals surface area contributed by atoms with Gasteiger partial charge < -0.3 is 14.8 Å². The number of carbonyl (C=O) groups excluding carboxylic acids is 1. The van der Waals surface area contributed by atoms with Gasteiger partial charge in [-0.25, -0.2) is 0 Å². The third-order valence-corrected chi connectivity index (χ3v) is 2.99. The fourth-order valence-electron chi connectivity index (χ4n) is 1.94. The Bertz CT molecular complexity index is 734. The van der Waals surface area contributed by atoms with Gasteiger partial charge in [-0.1, -0.05) is 19.1 Å². The lowest BCUT2D eigenvalue weighted by Crippen LogP contribution is -2.29. The molecule has 6 heteroatoms. The molecule has 1 unspecified atom stereocenters. The number of nitrogens with one attached hydrogen (secondary N) is 1. The number of hydrogen-bond donors (Lipinski definition) is 2. The largest absolute Gasteiger partial charge is 0.481 e. The van der Waals surface area contributed by atoms with Gasteiger partial charge in [0.15, 0.2) is 11.2 Å². The van der Waals surface area contributed by atoms with Crippen molar-refractivity contribution in [2.75, 3.05) is 6.54 Å². The number of benzene rings is 1. The summed E-state index contributed by atoms with van der Waals surface area (Å²) in [4.78, 5) is 34.4. The van der Waals surface area contributed by atoms with Gasteiger partial charge in [0, 0.05) is 19.0 Å². The Labute approximate surface area is 120 Å². The van der Waals surface area contributed by atoms with Crippen LogP contribution in [0.15, 0.2) is 39.5 Å². The normalized spacial score (nSPS) is 12.0. The summed E-state index contributed by atoms with van der Waals surface area (Å²) < 4.78 is 5.39. The maximum atomic E-state index is 11.9. The SMILES string of the molecule is CC(CNC(=O)c1cc(=O)c2ccccc2o1)CC(=O)O. The molecule has 0 saturated carbocycles. The molecule has 1 heterocycles. The predicted molar refractivity (Wildman–Crippen MR) is 76.2 cm³/mol. The minimum atomic E-state index is -0.922. The summed E-state index contributed by atoms with van der Waals surface area (Å²) in [6.07, 6.45) is -0.0397. The van der Waals surface area contributed by atoms with Crippen LogP contribution in [0, 0.1) is 5.92 Å².